The number of para-hydroxylation sites is 1. The number of piperazine rings is 1. The summed E-state index contributed by atoms with van der Waals surface area (Å²) in [6.45, 7) is 2.86. The van der Waals surface area contributed by atoms with Crippen molar-refractivity contribution < 1.29 is 4.79 Å². The Balaban J connectivity index is 1.67. The molecule has 1 aliphatic rings. The number of carbonyl (C=O) groups excluding carboxylic acids is 1. The predicted molar refractivity (Wildman–Crippen MR) is 86.6 cm³/mol. The van der Waals surface area contributed by atoms with Gasteiger partial charge < -0.3 is 14.8 Å². The normalized spacial score (nSPS) is 15.0. The Morgan fingerprint density at radius 3 is 2.41 bits per heavy atom. The summed E-state index contributed by atoms with van der Waals surface area (Å²) in [5, 5.41) is 0.0359. The average Bonchev–Trinajstić information content (AvgIpc) is 2.58. The molecule has 0 spiro atoms. The zero-order chi connectivity index (χ0) is 15.5. The van der Waals surface area contributed by atoms with Gasteiger partial charge in [0.1, 0.15) is 5.02 Å². The number of hydrogen-bond donors (Lipinski definition) is 1. The molecule has 1 aromatic heterocycles. The van der Waals surface area contributed by atoms with Crippen molar-refractivity contribution in [1.82, 2.24) is 9.88 Å². The van der Waals surface area contributed by atoms with Gasteiger partial charge in [-0.25, -0.2) is 0 Å². The van der Waals surface area contributed by atoms with E-state index >= 15 is 0 Å². The number of aromatic amines is 1. The van der Waals surface area contributed by atoms with Crippen LogP contribution in [0.1, 0.15) is 10.4 Å². The molecule has 114 valence electrons. The first kappa shape index (κ1) is 14.7. The third-order valence-corrected chi connectivity index (χ3v) is 4.07. The van der Waals surface area contributed by atoms with E-state index in [0.717, 1.165) is 13.1 Å². The second-order valence-corrected chi connectivity index (χ2v) is 5.59. The van der Waals surface area contributed by atoms with Gasteiger partial charge in [0, 0.05) is 38.1 Å². The number of nitrogens with one attached hydrogen (secondary N) is 1. The van der Waals surface area contributed by atoms with Crippen molar-refractivity contribution in [3.05, 3.63) is 63.5 Å². The van der Waals surface area contributed by atoms with E-state index in [1.165, 1.54) is 18.0 Å². The highest BCUT2D eigenvalue weighted by Gasteiger charge is 2.22. The van der Waals surface area contributed by atoms with Crippen LogP contribution in [-0.4, -0.2) is 42.0 Å². The highest BCUT2D eigenvalue weighted by molar-refractivity contribution is 6.30. The Labute approximate surface area is 133 Å². The largest absolute Gasteiger partial charge is 0.368 e. The number of rotatable bonds is 2. The summed E-state index contributed by atoms with van der Waals surface area (Å²) in [5.41, 5.74) is 1.20. The number of nitrogens with zero attached hydrogens (tertiary/aromatic N) is 2. The second kappa shape index (κ2) is 6.23. The van der Waals surface area contributed by atoms with Crippen molar-refractivity contribution >= 4 is 23.2 Å². The summed E-state index contributed by atoms with van der Waals surface area (Å²) in [6, 6.07) is 11.6. The summed E-state index contributed by atoms with van der Waals surface area (Å²) >= 11 is 5.78. The fraction of sp³-hybridized carbons (Fsp3) is 0.250. The number of amides is 1. The van der Waals surface area contributed by atoms with Gasteiger partial charge in [-0.1, -0.05) is 29.8 Å². The van der Waals surface area contributed by atoms with Crippen molar-refractivity contribution in [3.8, 4) is 0 Å². The molecule has 1 aromatic carbocycles. The van der Waals surface area contributed by atoms with E-state index in [1.807, 2.05) is 18.2 Å². The van der Waals surface area contributed by atoms with Crippen molar-refractivity contribution in [2.24, 2.45) is 0 Å². The van der Waals surface area contributed by atoms with Crippen LogP contribution >= 0.6 is 11.6 Å². The summed E-state index contributed by atoms with van der Waals surface area (Å²) in [5.74, 6) is -0.106. The van der Waals surface area contributed by atoms with Crippen molar-refractivity contribution in [3.63, 3.8) is 0 Å². The van der Waals surface area contributed by atoms with E-state index in [1.54, 1.807) is 4.90 Å². The van der Waals surface area contributed by atoms with Gasteiger partial charge in [-0.2, -0.15) is 0 Å². The quantitative estimate of drug-likeness (QED) is 0.921. The number of pyridine rings is 1. The number of aromatic nitrogens is 1. The number of H-pyrrole nitrogens is 1. The molecule has 0 radical (unpaired) electrons. The molecule has 0 atom stereocenters. The van der Waals surface area contributed by atoms with Crippen LogP contribution < -0.4 is 10.5 Å². The molecule has 2 heterocycles. The van der Waals surface area contributed by atoms with Crippen LogP contribution in [0.5, 0.6) is 0 Å². The summed E-state index contributed by atoms with van der Waals surface area (Å²) in [4.78, 5) is 30.2. The van der Waals surface area contributed by atoms with Crippen LogP contribution in [0.2, 0.25) is 5.02 Å². The van der Waals surface area contributed by atoms with Gasteiger partial charge >= 0.3 is 0 Å². The molecule has 1 saturated heterocycles. The molecule has 0 bridgehead atoms. The first-order chi connectivity index (χ1) is 10.6. The molecule has 1 N–H and O–H groups in total. The Bertz CT molecular complexity index is 722. The topological polar surface area (TPSA) is 56.4 Å². The van der Waals surface area contributed by atoms with E-state index in [2.05, 4.69) is 22.0 Å². The Hall–Kier alpha value is -2.27. The smallest absolute Gasteiger partial charge is 0.266 e. The molecule has 5 nitrogen and oxygen atoms in total. The van der Waals surface area contributed by atoms with Crippen LogP contribution in [0.15, 0.2) is 47.4 Å². The van der Waals surface area contributed by atoms with Gasteiger partial charge in [0.25, 0.3) is 11.5 Å². The lowest BCUT2D eigenvalue weighted by molar-refractivity contribution is 0.0746. The van der Waals surface area contributed by atoms with Crippen molar-refractivity contribution in [1.29, 1.82) is 0 Å². The van der Waals surface area contributed by atoms with Crippen LogP contribution in [0, 0.1) is 0 Å². The van der Waals surface area contributed by atoms with Crippen LogP contribution in [0.25, 0.3) is 0 Å². The lowest BCUT2D eigenvalue weighted by Crippen LogP contribution is -2.48. The van der Waals surface area contributed by atoms with Gasteiger partial charge in [0.05, 0.1) is 5.56 Å². The summed E-state index contributed by atoms with van der Waals surface area (Å²) < 4.78 is 0. The van der Waals surface area contributed by atoms with Gasteiger partial charge in [-0.3, -0.25) is 9.59 Å². The van der Waals surface area contributed by atoms with Gasteiger partial charge in [0.2, 0.25) is 0 Å². The highest BCUT2D eigenvalue weighted by Crippen LogP contribution is 2.17. The zero-order valence-corrected chi connectivity index (χ0v) is 12.7. The molecule has 1 amide bonds. The van der Waals surface area contributed by atoms with Crippen molar-refractivity contribution in [2.75, 3.05) is 31.1 Å². The second-order valence-electron chi connectivity index (χ2n) is 5.18. The molecule has 0 saturated carbocycles. The summed E-state index contributed by atoms with van der Waals surface area (Å²) in [7, 11) is 0. The maximum absolute atomic E-state index is 12.4. The average molecular weight is 318 g/mol. The van der Waals surface area contributed by atoms with Crippen molar-refractivity contribution in [2.45, 2.75) is 0 Å². The minimum Gasteiger partial charge on any atom is -0.368 e. The molecule has 6 heteroatoms. The Morgan fingerprint density at radius 1 is 1.09 bits per heavy atom. The van der Waals surface area contributed by atoms with E-state index in [9.17, 15) is 9.59 Å². The lowest BCUT2D eigenvalue weighted by atomic mass is 10.2. The molecule has 0 aliphatic carbocycles. The number of carbonyl (C=O) groups is 1. The SMILES string of the molecule is O=C(c1c[nH]c(=O)c(Cl)c1)N1CCN(c2ccccc2)CC1. The Kier molecular flexibility index (Phi) is 4.15. The molecule has 22 heavy (non-hydrogen) atoms. The zero-order valence-electron chi connectivity index (χ0n) is 12.0. The monoisotopic (exact) mass is 317 g/mol. The molecule has 0 unspecified atom stereocenters. The van der Waals surface area contributed by atoms with E-state index in [0.29, 0.717) is 18.7 Å². The molecule has 2 aromatic rings. The number of benzene rings is 1. The van der Waals surface area contributed by atoms with E-state index in [-0.39, 0.29) is 16.5 Å². The Morgan fingerprint density at radius 2 is 1.77 bits per heavy atom. The van der Waals surface area contributed by atoms with Gasteiger partial charge in [-0.15, -0.1) is 0 Å². The molecule has 3 rings (SSSR count). The fourth-order valence-electron chi connectivity index (χ4n) is 2.57. The summed E-state index contributed by atoms with van der Waals surface area (Å²) in [6.07, 6.45) is 1.42. The van der Waals surface area contributed by atoms with E-state index in [4.69, 9.17) is 11.6 Å². The third kappa shape index (κ3) is 2.99. The van der Waals surface area contributed by atoms with E-state index < -0.39 is 0 Å². The lowest BCUT2D eigenvalue weighted by Gasteiger charge is -2.36. The molecular formula is C16H16ClN3O2. The maximum Gasteiger partial charge on any atom is 0.266 e. The first-order valence-corrected chi connectivity index (χ1v) is 7.50. The fourth-order valence-corrected chi connectivity index (χ4v) is 2.74. The van der Waals surface area contributed by atoms with Gasteiger partial charge in [0.15, 0.2) is 0 Å². The van der Waals surface area contributed by atoms with Crippen LogP contribution in [-0.2, 0) is 0 Å². The number of halogens is 1. The minimum atomic E-state index is -0.382. The number of hydrogen-bond acceptors (Lipinski definition) is 3. The standard InChI is InChI=1S/C16H16ClN3O2/c17-14-10-12(11-18-15(14)21)16(22)20-8-6-19(7-9-20)13-4-2-1-3-5-13/h1-5,10-11H,6-9H2,(H,18,21). The van der Waals surface area contributed by atoms with Crippen LogP contribution in [0.3, 0.4) is 0 Å². The predicted octanol–water partition coefficient (Wildman–Crippen LogP) is 1.99. The molecule has 1 fully saturated rings. The van der Waals surface area contributed by atoms with Gasteiger partial charge in [-0.05, 0) is 18.2 Å². The first-order valence-electron chi connectivity index (χ1n) is 7.12. The molecular weight excluding hydrogens is 302 g/mol. The number of anilines is 1. The third-order valence-electron chi connectivity index (χ3n) is 3.79. The molecule has 1 aliphatic heterocycles. The highest BCUT2D eigenvalue weighted by atomic mass is 35.5. The van der Waals surface area contributed by atoms with Crippen LogP contribution in [0.4, 0.5) is 5.69 Å². The maximum atomic E-state index is 12.4. The minimum absolute atomic E-state index is 0.0359.